The van der Waals surface area contributed by atoms with Gasteiger partial charge in [0.25, 0.3) is 0 Å². The summed E-state index contributed by atoms with van der Waals surface area (Å²) in [6, 6.07) is 31.0. The first-order valence-electron chi connectivity index (χ1n) is 8.09. The van der Waals surface area contributed by atoms with E-state index in [0.717, 1.165) is 0 Å². The molecule has 4 aromatic rings. The van der Waals surface area contributed by atoms with E-state index in [-0.39, 0.29) is 0 Å². The molecule has 0 heterocycles. The Bertz CT molecular complexity index is 884. The summed E-state index contributed by atoms with van der Waals surface area (Å²) in [6.07, 6.45) is 0. The Balaban J connectivity index is 1.44. The molecular weight excluding hydrogens is 422 g/mol. The van der Waals surface area contributed by atoms with Gasteiger partial charge in [-0.05, 0) is 0 Å². The van der Waals surface area contributed by atoms with Crippen molar-refractivity contribution in [2.45, 2.75) is 10.6 Å². The van der Waals surface area contributed by atoms with Crippen LogP contribution in [0.4, 0.5) is 0 Å². The Morgan fingerprint density at radius 3 is 1.38 bits per heavy atom. The molecule has 0 aliphatic heterocycles. The monoisotopic (exact) mass is 442 g/mol. The topological polar surface area (TPSA) is 0 Å². The van der Waals surface area contributed by atoms with Gasteiger partial charge in [-0.2, -0.15) is 0 Å². The Morgan fingerprint density at radius 2 is 0.875 bits per heavy atom. The van der Waals surface area contributed by atoms with E-state index >= 15 is 0 Å². The molecule has 24 heavy (non-hydrogen) atoms. The molecular formula is C22H18Se2. The van der Waals surface area contributed by atoms with Gasteiger partial charge in [0.2, 0.25) is 0 Å². The van der Waals surface area contributed by atoms with Gasteiger partial charge >= 0.3 is 155 Å². The first-order chi connectivity index (χ1) is 11.9. The van der Waals surface area contributed by atoms with Crippen molar-refractivity contribution in [1.29, 1.82) is 0 Å². The number of rotatable bonds is 5. The van der Waals surface area contributed by atoms with Crippen LogP contribution in [0.25, 0.3) is 21.5 Å². The van der Waals surface area contributed by atoms with Gasteiger partial charge in [-0.3, -0.25) is 0 Å². The molecule has 4 rings (SSSR count). The van der Waals surface area contributed by atoms with Crippen LogP contribution in [0.15, 0.2) is 84.9 Å². The van der Waals surface area contributed by atoms with Crippen LogP contribution in [0.1, 0.15) is 11.1 Å². The zero-order valence-electron chi connectivity index (χ0n) is 13.3. The molecule has 0 saturated heterocycles. The third-order valence-corrected chi connectivity index (χ3v) is 10.8. The Labute approximate surface area is 154 Å². The molecule has 0 N–H and O–H groups in total. The molecule has 0 aromatic heterocycles. The third-order valence-electron chi connectivity index (χ3n) is 4.27. The summed E-state index contributed by atoms with van der Waals surface area (Å²) < 4.78 is 0. The molecule has 118 valence electrons. The van der Waals surface area contributed by atoms with Crippen molar-refractivity contribution < 1.29 is 0 Å². The Hall–Kier alpha value is -1.56. The second-order valence-corrected chi connectivity index (χ2v) is 13.1. The summed E-state index contributed by atoms with van der Waals surface area (Å²) in [5.41, 5.74) is 3.04. The number of benzene rings is 4. The Kier molecular flexibility index (Phi) is 5.01. The molecule has 0 fully saturated rings. The second-order valence-electron chi connectivity index (χ2n) is 5.80. The standard InChI is InChI=1S/C22H18Se2/c1-3-13-21-17(7-1)9-5-11-19(21)15-23-24-16-20-12-6-10-18-8-2-4-14-22(18)20/h1-14H,15-16H2. The average Bonchev–Trinajstić information content (AvgIpc) is 2.65. The van der Waals surface area contributed by atoms with E-state index in [2.05, 4.69) is 84.9 Å². The fraction of sp³-hybridized carbons (Fsp3) is 0.0909. The quantitative estimate of drug-likeness (QED) is 0.302. The molecule has 4 aromatic carbocycles. The molecule has 0 unspecified atom stereocenters. The molecule has 0 radical (unpaired) electrons. The van der Waals surface area contributed by atoms with Gasteiger partial charge in [0, 0.05) is 0 Å². The minimum atomic E-state index is 0.702. The van der Waals surface area contributed by atoms with Crippen molar-refractivity contribution in [3.05, 3.63) is 96.1 Å². The predicted octanol–water partition coefficient (Wildman–Crippen LogP) is 5.02. The second kappa shape index (κ2) is 7.55. The van der Waals surface area contributed by atoms with Gasteiger partial charge < -0.3 is 0 Å². The predicted molar refractivity (Wildman–Crippen MR) is 107 cm³/mol. The van der Waals surface area contributed by atoms with E-state index < -0.39 is 0 Å². The van der Waals surface area contributed by atoms with Gasteiger partial charge in [-0.25, -0.2) is 0 Å². The zero-order valence-corrected chi connectivity index (χ0v) is 16.7. The zero-order chi connectivity index (χ0) is 16.2. The molecule has 0 atom stereocenters. The first-order valence-corrected chi connectivity index (χ1v) is 14.8. The average molecular weight is 440 g/mol. The van der Waals surface area contributed by atoms with E-state index in [4.69, 9.17) is 0 Å². The van der Waals surface area contributed by atoms with Crippen LogP contribution >= 0.6 is 0 Å². The van der Waals surface area contributed by atoms with Crippen LogP contribution in [0.5, 0.6) is 0 Å². The maximum atomic E-state index is 2.30. The van der Waals surface area contributed by atoms with E-state index in [1.165, 1.54) is 43.3 Å². The number of hydrogen-bond donors (Lipinski definition) is 0. The first kappa shape index (κ1) is 15.9. The Morgan fingerprint density at radius 1 is 0.458 bits per heavy atom. The van der Waals surface area contributed by atoms with Gasteiger partial charge in [0.15, 0.2) is 0 Å². The normalized spacial score (nSPS) is 11.2. The third kappa shape index (κ3) is 3.43. The van der Waals surface area contributed by atoms with Crippen LogP contribution in [-0.4, -0.2) is 26.3 Å². The molecule has 2 heteroatoms. The van der Waals surface area contributed by atoms with Gasteiger partial charge in [0.05, 0.1) is 0 Å². The van der Waals surface area contributed by atoms with Crippen molar-refractivity contribution >= 4 is 47.8 Å². The SMILES string of the molecule is c1ccc2c(C[Se][Se]Cc3cccc4ccccc34)cccc2c1. The van der Waals surface area contributed by atoms with E-state index in [9.17, 15) is 0 Å². The summed E-state index contributed by atoms with van der Waals surface area (Å²) in [7, 11) is 0. The summed E-state index contributed by atoms with van der Waals surface area (Å²) in [5.74, 6) is 0. The molecule has 0 aliphatic carbocycles. The van der Waals surface area contributed by atoms with Crippen molar-refractivity contribution in [2.75, 3.05) is 0 Å². The van der Waals surface area contributed by atoms with Crippen LogP contribution in [-0.2, 0) is 10.6 Å². The number of hydrogen-bond acceptors (Lipinski definition) is 0. The molecule has 0 bridgehead atoms. The van der Waals surface area contributed by atoms with E-state index in [0.29, 0.717) is 26.3 Å². The van der Waals surface area contributed by atoms with Crippen molar-refractivity contribution in [1.82, 2.24) is 0 Å². The fourth-order valence-corrected chi connectivity index (χ4v) is 9.57. The summed E-state index contributed by atoms with van der Waals surface area (Å²) in [4.78, 5) is 0. The van der Waals surface area contributed by atoms with Crippen molar-refractivity contribution in [2.24, 2.45) is 0 Å². The van der Waals surface area contributed by atoms with Gasteiger partial charge in [-0.1, -0.05) is 0 Å². The summed E-state index contributed by atoms with van der Waals surface area (Å²) in [6.45, 7) is 0. The van der Waals surface area contributed by atoms with Gasteiger partial charge in [-0.15, -0.1) is 0 Å². The molecule has 0 saturated carbocycles. The van der Waals surface area contributed by atoms with Crippen molar-refractivity contribution in [3.8, 4) is 0 Å². The number of fused-ring (bicyclic) bond motifs is 2. The molecule has 0 aliphatic rings. The fourth-order valence-electron chi connectivity index (χ4n) is 3.05. The maximum absolute atomic E-state index is 2.30. The van der Waals surface area contributed by atoms with Crippen LogP contribution in [0.3, 0.4) is 0 Å². The summed E-state index contributed by atoms with van der Waals surface area (Å²) >= 11 is 1.40. The van der Waals surface area contributed by atoms with E-state index in [1.54, 1.807) is 0 Å². The molecule has 0 spiro atoms. The minimum absolute atomic E-state index is 0.702. The van der Waals surface area contributed by atoms with Crippen LogP contribution in [0, 0.1) is 0 Å². The van der Waals surface area contributed by atoms with Crippen molar-refractivity contribution in [3.63, 3.8) is 0 Å². The van der Waals surface area contributed by atoms with Crippen LogP contribution in [0.2, 0.25) is 0 Å². The van der Waals surface area contributed by atoms with Crippen LogP contribution < -0.4 is 0 Å². The molecule has 0 nitrogen and oxygen atoms in total. The summed E-state index contributed by atoms with van der Waals surface area (Å²) in [5, 5.41) is 8.10. The van der Waals surface area contributed by atoms with Gasteiger partial charge in [0.1, 0.15) is 0 Å². The van der Waals surface area contributed by atoms with E-state index in [1.807, 2.05) is 0 Å². The molecule has 0 amide bonds.